The number of nitrogens with one attached hydrogen (secondary N) is 1. The zero-order chi connectivity index (χ0) is 21.5. The van der Waals surface area contributed by atoms with Crippen molar-refractivity contribution in [1.29, 1.82) is 5.26 Å². The van der Waals surface area contributed by atoms with Crippen molar-refractivity contribution in [2.24, 2.45) is 5.92 Å². The molecule has 1 heterocycles. The molecule has 30 heavy (non-hydrogen) atoms. The molecular formula is C22H28N4O4. The predicted molar refractivity (Wildman–Crippen MR) is 111 cm³/mol. The maximum absolute atomic E-state index is 12.6. The number of nitriles is 1. The first-order valence-corrected chi connectivity index (χ1v) is 10.5. The summed E-state index contributed by atoms with van der Waals surface area (Å²) >= 11 is 0. The van der Waals surface area contributed by atoms with E-state index in [-0.39, 0.29) is 43.3 Å². The van der Waals surface area contributed by atoms with Gasteiger partial charge in [0.2, 0.25) is 11.8 Å². The van der Waals surface area contributed by atoms with E-state index in [2.05, 4.69) is 11.4 Å². The molecule has 1 saturated heterocycles. The largest absolute Gasteiger partial charge is 0.481 e. The third-order valence-corrected chi connectivity index (χ3v) is 5.97. The van der Waals surface area contributed by atoms with Crippen LogP contribution in [0.2, 0.25) is 0 Å². The number of benzene rings is 1. The molecule has 1 saturated carbocycles. The van der Waals surface area contributed by atoms with Crippen LogP contribution in [0, 0.1) is 17.2 Å². The first kappa shape index (κ1) is 21.6. The van der Waals surface area contributed by atoms with Gasteiger partial charge in [-0.2, -0.15) is 5.26 Å². The van der Waals surface area contributed by atoms with E-state index < -0.39 is 5.97 Å². The second-order valence-electron chi connectivity index (χ2n) is 8.07. The number of hydrogen-bond donors (Lipinski definition) is 2. The minimum atomic E-state index is -0.919. The van der Waals surface area contributed by atoms with Gasteiger partial charge < -0.3 is 20.2 Å². The molecule has 8 nitrogen and oxygen atoms in total. The topological polar surface area (TPSA) is 114 Å². The number of anilines is 1. The number of carboxylic acids is 1. The third-order valence-electron chi connectivity index (χ3n) is 5.97. The molecule has 2 fully saturated rings. The van der Waals surface area contributed by atoms with Gasteiger partial charge in [0.05, 0.1) is 31.1 Å². The van der Waals surface area contributed by atoms with Crippen molar-refractivity contribution < 1.29 is 19.5 Å². The van der Waals surface area contributed by atoms with E-state index in [1.165, 1.54) is 4.90 Å². The molecule has 160 valence electrons. The lowest BCUT2D eigenvalue weighted by Gasteiger charge is -2.36. The number of rotatable bonds is 7. The lowest BCUT2D eigenvalue weighted by Crippen LogP contribution is -2.54. The second-order valence-corrected chi connectivity index (χ2v) is 8.07. The van der Waals surface area contributed by atoms with Gasteiger partial charge in [0.1, 0.15) is 0 Å². The van der Waals surface area contributed by atoms with Gasteiger partial charge in [-0.3, -0.25) is 14.4 Å². The van der Waals surface area contributed by atoms with Gasteiger partial charge in [0.25, 0.3) is 0 Å². The lowest BCUT2D eigenvalue weighted by atomic mass is 9.82. The second kappa shape index (κ2) is 10.1. The number of carbonyl (C=O) groups excluding carboxylic acids is 2. The molecule has 0 aromatic heterocycles. The fourth-order valence-corrected chi connectivity index (χ4v) is 4.33. The van der Waals surface area contributed by atoms with E-state index in [4.69, 9.17) is 5.26 Å². The number of carbonyl (C=O) groups is 3. The Labute approximate surface area is 176 Å². The number of carboxylic acid groups (broad SMARTS) is 1. The van der Waals surface area contributed by atoms with Crippen LogP contribution in [0.5, 0.6) is 0 Å². The summed E-state index contributed by atoms with van der Waals surface area (Å²) < 4.78 is 0. The number of piperazine rings is 1. The van der Waals surface area contributed by atoms with Gasteiger partial charge in [-0.1, -0.05) is 19.3 Å². The quantitative estimate of drug-likeness (QED) is 0.705. The fraction of sp³-hybridized carbons (Fsp3) is 0.545. The smallest absolute Gasteiger partial charge is 0.305 e. The Morgan fingerprint density at radius 3 is 2.47 bits per heavy atom. The van der Waals surface area contributed by atoms with Crippen LogP contribution in [0.25, 0.3) is 0 Å². The summed E-state index contributed by atoms with van der Waals surface area (Å²) in [5.41, 5.74) is 1.43. The molecule has 1 aromatic carbocycles. The van der Waals surface area contributed by atoms with Crippen LogP contribution in [-0.4, -0.2) is 60.0 Å². The Bertz CT molecular complexity index is 811. The summed E-state index contributed by atoms with van der Waals surface area (Å²) in [5, 5.41) is 21.0. The van der Waals surface area contributed by atoms with Gasteiger partial charge in [-0.25, -0.2) is 0 Å². The molecule has 1 atom stereocenters. The van der Waals surface area contributed by atoms with E-state index in [0.717, 1.165) is 37.8 Å². The normalized spacial score (nSPS) is 18.6. The standard InChI is InChI=1S/C22H28N4O4/c23-13-16-6-8-18(9-7-16)25-10-11-26(21(28)15-25)14-20(27)24-19(12-22(29)30)17-4-2-1-3-5-17/h6-9,17,19H,1-5,10-12,14-15H2,(H,24,27)(H,29,30). The van der Waals surface area contributed by atoms with Gasteiger partial charge in [-0.05, 0) is 43.0 Å². The van der Waals surface area contributed by atoms with Crippen molar-refractivity contribution in [2.75, 3.05) is 31.1 Å². The number of amides is 2. The van der Waals surface area contributed by atoms with Crippen molar-refractivity contribution in [3.8, 4) is 6.07 Å². The van der Waals surface area contributed by atoms with Gasteiger partial charge >= 0.3 is 5.97 Å². The summed E-state index contributed by atoms with van der Waals surface area (Å²) in [6.45, 7) is 1.12. The Morgan fingerprint density at radius 1 is 1.17 bits per heavy atom. The summed E-state index contributed by atoms with van der Waals surface area (Å²) in [5.74, 6) is -1.18. The average Bonchev–Trinajstić information content (AvgIpc) is 2.75. The molecule has 0 bridgehead atoms. The molecule has 0 spiro atoms. The Kier molecular flexibility index (Phi) is 7.28. The zero-order valence-electron chi connectivity index (χ0n) is 17.0. The van der Waals surface area contributed by atoms with Gasteiger partial charge in [-0.15, -0.1) is 0 Å². The van der Waals surface area contributed by atoms with E-state index >= 15 is 0 Å². The van der Waals surface area contributed by atoms with Crippen molar-refractivity contribution in [3.63, 3.8) is 0 Å². The highest BCUT2D eigenvalue weighted by Crippen LogP contribution is 2.28. The van der Waals surface area contributed by atoms with E-state index in [1.807, 2.05) is 17.0 Å². The van der Waals surface area contributed by atoms with Crippen molar-refractivity contribution >= 4 is 23.5 Å². The molecule has 0 radical (unpaired) electrons. The zero-order valence-corrected chi connectivity index (χ0v) is 17.0. The van der Waals surface area contributed by atoms with Crippen molar-refractivity contribution in [2.45, 2.75) is 44.6 Å². The van der Waals surface area contributed by atoms with E-state index in [1.54, 1.807) is 12.1 Å². The van der Waals surface area contributed by atoms with Crippen LogP contribution in [-0.2, 0) is 14.4 Å². The number of hydrogen-bond acceptors (Lipinski definition) is 5. The molecule has 2 N–H and O–H groups in total. The molecule has 1 unspecified atom stereocenters. The third kappa shape index (κ3) is 5.72. The van der Waals surface area contributed by atoms with E-state index in [0.29, 0.717) is 18.7 Å². The van der Waals surface area contributed by atoms with Crippen LogP contribution >= 0.6 is 0 Å². The average molecular weight is 412 g/mol. The van der Waals surface area contributed by atoms with Crippen molar-refractivity contribution in [3.05, 3.63) is 29.8 Å². The highest BCUT2D eigenvalue weighted by atomic mass is 16.4. The Morgan fingerprint density at radius 2 is 1.87 bits per heavy atom. The van der Waals surface area contributed by atoms with Crippen LogP contribution in [0.15, 0.2) is 24.3 Å². The highest BCUT2D eigenvalue weighted by molar-refractivity contribution is 5.88. The maximum Gasteiger partial charge on any atom is 0.305 e. The minimum Gasteiger partial charge on any atom is -0.481 e. The maximum atomic E-state index is 12.6. The summed E-state index contributed by atoms with van der Waals surface area (Å²) in [4.78, 5) is 39.8. The molecule has 1 aromatic rings. The molecule has 1 aliphatic heterocycles. The Hall–Kier alpha value is -3.08. The minimum absolute atomic E-state index is 0.0527. The molecule has 3 rings (SSSR count). The fourth-order valence-electron chi connectivity index (χ4n) is 4.33. The van der Waals surface area contributed by atoms with Crippen LogP contribution < -0.4 is 10.2 Å². The van der Waals surface area contributed by atoms with Gasteiger partial charge in [0.15, 0.2) is 0 Å². The van der Waals surface area contributed by atoms with Crippen molar-refractivity contribution in [1.82, 2.24) is 10.2 Å². The lowest BCUT2D eigenvalue weighted by molar-refractivity contribution is -0.139. The first-order chi connectivity index (χ1) is 14.5. The highest BCUT2D eigenvalue weighted by Gasteiger charge is 2.30. The number of nitrogens with zero attached hydrogens (tertiary/aromatic N) is 3. The van der Waals surface area contributed by atoms with Crippen LogP contribution in [0.1, 0.15) is 44.1 Å². The molecule has 2 aliphatic rings. The predicted octanol–water partition coefficient (Wildman–Crippen LogP) is 1.75. The molecule has 8 heteroatoms. The van der Waals surface area contributed by atoms with Crippen LogP contribution in [0.4, 0.5) is 5.69 Å². The summed E-state index contributed by atoms with van der Waals surface area (Å²) in [6, 6.07) is 8.75. The van der Waals surface area contributed by atoms with E-state index in [9.17, 15) is 19.5 Å². The summed E-state index contributed by atoms with van der Waals surface area (Å²) in [6.07, 6.45) is 5.05. The SMILES string of the molecule is N#Cc1ccc(N2CCN(CC(=O)NC(CC(=O)O)C3CCCCC3)C(=O)C2)cc1. The van der Waals surface area contributed by atoms with Crippen LogP contribution in [0.3, 0.4) is 0 Å². The molecule has 1 aliphatic carbocycles. The molecule has 2 amide bonds. The molecular weight excluding hydrogens is 384 g/mol. The first-order valence-electron chi connectivity index (χ1n) is 10.5. The van der Waals surface area contributed by atoms with Gasteiger partial charge in [0, 0.05) is 24.8 Å². The summed E-state index contributed by atoms with van der Waals surface area (Å²) in [7, 11) is 0. The Balaban J connectivity index is 1.53. The number of aliphatic carboxylic acids is 1. The monoisotopic (exact) mass is 412 g/mol.